The Labute approximate surface area is 128 Å². The van der Waals surface area contributed by atoms with Crippen molar-refractivity contribution in [3.05, 3.63) is 54.1 Å². The van der Waals surface area contributed by atoms with E-state index in [2.05, 4.69) is 5.32 Å². The van der Waals surface area contributed by atoms with Gasteiger partial charge in [-0.25, -0.2) is 4.79 Å². The topological polar surface area (TPSA) is 64.6 Å². The largest absolute Gasteiger partial charge is 0.482 e. The maximum atomic E-state index is 11.7. The highest BCUT2D eigenvalue weighted by atomic mass is 16.6. The summed E-state index contributed by atoms with van der Waals surface area (Å²) in [5.74, 6) is 0.360. The van der Waals surface area contributed by atoms with Crippen molar-refractivity contribution < 1.29 is 19.1 Å². The molecule has 5 heteroatoms. The van der Waals surface area contributed by atoms with Gasteiger partial charge in [0.15, 0.2) is 6.61 Å². The van der Waals surface area contributed by atoms with Gasteiger partial charge in [-0.3, -0.25) is 4.79 Å². The minimum atomic E-state index is -0.493. The Hall–Kier alpha value is -2.82. The number of ether oxygens (including phenoxy) is 2. The second-order valence-corrected chi connectivity index (χ2v) is 4.78. The van der Waals surface area contributed by atoms with E-state index < -0.39 is 5.97 Å². The van der Waals surface area contributed by atoms with Crippen molar-refractivity contribution >= 4 is 17.6 Å². The van der Waals surface area contributed by atoms with Crippen LogP contribution in [0.5, 0.6) is 11.5 Å². The molecule has 0 saturated heterocycles. The Morgan fingerprint density at radius 3 is 2.14 bits per heavy atom. The molecule has 5 nitrogen and oxygen atoms in total. The molecule has 0 spiro atoms. The zero-order valence-corrected chi connectivity index (χ0v) is 12.5. The third kappa shape index (κ3) is 4.94. The van der Waals surface area contributed by atoms with Gasteiger partial charge >= 0.3 is 5.97 Å². The summed E-state index contributed by atoms with van der Waals surface area (Å²) in [4.78, 5) is 22.6. The Bertz CT molecular complexity index is 647. The Kier molecular flexibility index (Phi) is 5.14. The standard InChI is InChI=1S/C17H17NO4/c1-12-3-7-15(8-4-12)21-11-17(20)22-16-9-5-14(6-10-16)18-13(2)19/h3-10H,11H2,1-2H3,(H,18,19). The van der Waals surface area contributed by atoms with E-state index in [4.69, 9.17) is 9.47 Å². The molecule has 0 bridgehead atoms. The monoisotopic (exact) mass is 299 g/mol. The van der Waals surface area contributed by atoms with E-state index >= 15 is 0 Å². The molecule has 0 aliphatic heterocycles. The molecule has 2 aromatic carbocycles. The minimum absolute atomic E-state index is 0.156. The van der Waals surface area contributed by atoms with Crippen molar-refractivity contribution in [1.82, 2.24) is 0 Å². The average molecular weight is 299 g/mol. The number of nitrogens with one attached hydrogen (secondary N) is 1. The van der Waals surface area contributed by atoms with E-state index in [9.17, 15) is 9.59 Å². The lowest BCUT2D eigenvalue weighted by Crippen LogP contribution is -2.17. The molecule has 0 radical (unpaired) electrons. The summed E-state index contributed by atoms with van der Waals surface area (Å²) < 4.78 is 10.5. The molecule has 0 aliphatic rings. The summed E-state index contributed by atoms with van der Waals surface area (Å²) in [5.41, 5.74) is 1.76. The highest BCUT2D eigenvalue weighted by Crippen LogP contribution is 2.16. The number of rotatable bonds is 5. The normalized spacial score (nSPS) is 9.91. The molecule has 1 amide bonds. The van der Waals surface area contributed by atoms with Crippen LogP contribution in [-0.2, 0) is 9.59 Å². The van der Waals surface area contributed by atoms with Gasteiger partial charge in [0.05, 0.1) is 0 Å². The van der Waals surface area contributed by atoms with Gasteiger partial charge in [-0.15, -0.1) is 0 Å². The first-order valence-electron chi connectivity index (χ1n) is 6.81. The van der Waals surface area contributed by atoms with Gasteiger partial charge in [-0.2, -0.15) is 0 Å². The summed E-state index contributed by atoms with van der Waals surface area (Å²) >= 11 is 0. The molecule has 2 rings (SSSR count). The number of amides is 1. The van der Waals surface area contributed by atoms with Gasteiger partial charge in [0.2, 0.25) is 5.91 Å². The fourth-order valence-electron chi connectivity index (χ4n) is 1.75. The lowest BCUT2D eigenvalue weighted by Gasteiger charge is -2.08. The van der Waals surface area contributed by atoms with Crippen LogP contribution in [0.15, 0.2) is 48.5 Å². The van der Waals surface area contributed by atoms with Crippen molar-refractivity contribution in [2.45, 2.75) is 13.8 Å². The third-order valence-electron chi connectivity index (χ3n) is 2.78. The first-order chi connectivity index (χ1) is 10.5. The van der Waals surface area contributed by atoms with Crippen molar-refractivity contribution in [2.75, 3.05) is 11.9 Å². The molecule has 0 aromatic heterocycles. The highest BCUT2D eigenvalue weighted by molar-refractivity contribution is 5.88. The quantitative estimate of drug-likeness (QED) is 0.681. The van der Waals surface area contributed by atoms with Crippen LogP contribution >= 0.6 is 0 Å². The second-order valence-electron chi connectivity index (χ2n) is 4.78. The SMILES string of the molecule is CC(=O)Nc1ccc(OC(=O)COc2ccc(C)cc2)cc1. The van der Waals surface area contributed by atoms with Crippen LogP contribution in [0.2, 0.25) is 0 Å². The Morgan fingerprint density at radius 1 is 0.955 bits per heavy atom. The molecule has 22 heavy (non-hydrogen) atoms. The summed E-state index contributed by atoms with van der Waals surface area (Å²) in [7, 11) is 0. The maximum Gasteiger partial charge on any atom is 0.349 e. The predicted molar refractivity (Wildman–Crippen MR) is 83.1 cm³/mol. The molecule has 0 unspecified atom stereocenters. The lowest BCUT2D eigenvalue weighted by atomic mass is 10.2. The molecule has 2 aromatic rings. The molecule has 0 aliphatic carbocycles. The molecule has 1 N–H and O–H groups in total. The average Bonchev–Trinajstić information content (AvgIpc) is 2.48. The van der Waals surface area contributed by atoms with Crippen LogP contribution in [0.4, 0.5) is 5.69 Å². The predicted octanol–water partition coefficient (Wildman–Crippen LogP) is 2.94. The number of benzene rings is 2. The van der Waals surface area contributed by atoms with E-state index in [1.54, 1.807) is 36.4 Å². The van der Waals surface area contributed by atoms with E-state index in [0.717, 1.165) is 5.56 Å². The molecular weight excluding hydrogens is 282 g/mol. The van der Waals surface area contributed by atoms with Crippen LogP contribution in [0.25, 0.3) is 0 Å². The third-order valence-corrected chi connectivity index (χ3v) is 2.78. The van der Waals surface area contributed by atoms with Crippen LogP contribution in [0.3, 0.4) is 0 Å². The second kappa shape index (κ2) is 7.26. The Balaban J connectivity index is 1.83. The first-order valence-corrected chi connectivity index (χ1v) is 6.81. The van der Waals surface area contributed by atoms with E-state index in [-0.39, 0.29) is 12.5 Å². The summed E-state index contributed by atoms with van der Waals surface area (Å²) in [6.07, 6.45) is 0. The van der Waals surface area contributed by atoms with Crippen molar-refractivity contribution in [3.8, 4) is 11.5 Å². The fraction of sp³-hybridized carbons (Fsp3) is 0.176. The van der Waals surface area contributed by atoms with Crippen molar-refractivity contribution in [3.63, 3.8) is 0 Å². The summed E-state index contributed by atoms with van der Waals surface area (Å²) in [6, 6.07) is 13.9. The van der Waals surface area contributed by atoms with Gasteiger partial charge in [0.1, 0.15) is 11.5 Å². The number of aryl methyl sites for hydroxylation is 1. The van der Waals surface area contributed by atoms with E-state index in [0.29, 0.717) is 17.2 Å². The molecule has 0 fully saturated rings. The number of hydrogen-bond acceptors (Lipinski definition) is 4. The van der Waals surface area contributed by atoms with Gasteiger partial charge in [-0.05, 0) is 43.3 Å². The van der Waals surface area contributed by atoms with Gasteiger partial charge in [-0.1, -0.05) is 17.7 Å². The zero-order valence-electron chi connectivity index (χ0n) is 12.5. The van der Waals surface area contributed by atoms with Crippen LogP contribution in [0, 0.1) is 6.92 Å². The highest BCUT2D eigenvalue weighted by Gasteiger charge is 2.06. The van der Waals surface area contributed by atoms with Gasteiger partial charge < -0.3 is 14.8 Å². The van der Waals surface area contributed by atoms with Gasteiger partial charge in [0, 0.05) is 12.6 Å². The molecular formula is C17H17NO4. The van der Waals surface area contributed by atoms with Crippen LogP contribution in [-0.4, -0.2) is 18.5 Å². The molecule has 0 heterocycles. The van der Waals surface area contributed by atoms with Crippen molar-refractivity contribution in [2.24, 2.45) is 0 Å². The number of carbonyl (C=O) groups excluding carboxylic acids is 2. The summed E-state index contributed by atoms with van der Waals surface area (Å²) in [5, 5.41) is 2.63. The fourth-order valence-corrected chi connectivity index (χ4v) is 1.75. The molecule has 0 atom stereocenters. The number of esters is 1. The van der Waals surface area contributed by atoms with E-state index in [1.807, 2.05) is 19.1 Å². The van der Waals surface area contributed by atoms with Crippen LogP contribution in [0.1, 0.15) is 12.5 Å². The number of carbonyl (C=O) groups is 2. The minimum Gasteiger partial charge on any atom is -0.482 e. The molecule has 114 valence electrons. The maximum absolute atomic E-state index is 11.7. The Morgan fingerprint density at radius 2 is 1.55 bits per heavy atom. The van der Waals surface area contributed by atoms with Gasteiger partial charge in [0.25, 0.3) is 0 Å². The lowest BCUT2D eigenvalue weighted by molar-refractivity contribution is -0.136. The zero-order chi connectivity index (χ0) is 15.9. The molecule has 0 saturated carbocycles. The first kappa shape index (κ1) is 15.6. The number of hydrogen-bond donors (Lipinski definition) is 1. The van der Waals surface area contributed by atoms with E-state index in [1.165, 1.54) is 6.92 Å². The number of anilines is 1. The van der Waals surface area contributed by atoms with Crippen molar-refractivity contribution in [1.29, 1.82) is 0 Å². The summed E-state index contributed by atoms with van der Waals surface area (Å²) in [6.45, 7) is 3.23. The van der Waals surface area contributed by atoms with Crippen LogP contribution < -0.4 is 14.8 Å². The smallest absolute Gasteiger partial charge is 0.349 e.